The van der Waals surface area contributed by atoms with Gasteiger partial charge in [-0.05, 0) is 29.3 Å². The molecule has 1 N–H and O–H groups in total. The smallest absolute Gasteiger partial charge is 0.239 e. The SMILES string of the molecule is COc1cc(/C=N\N=C2\NC(=O)[C@@H](CC(=O)[O-])S2)ccc1OCc1ccccc1. The number of aliphatic carboxylic acids is 1. The third-order valence-corrected chi connectivity index (χ3v) is 4.98. The standard InChI is InChI=1S/C20H19N3O5S/c1-27-16-9-14(7-8-15(16)28-12-13-5-3-2-4-6-13)11-21-23-20-22-19(26)17(29-20)10-18(24)25/h2-9,11,17H,10,12H2,1H3,(H,24,25)(H,22,23,26)/p-1/b21-11-/t17-/m1/s1. The van der Waals surface area contributed by atoms with Crippen molar-refractivity contribution in [1.29, 1.82) is 0 Å². The third kappa shape index (κ3) is 5.82. The highest BCUT2D eigenvalue weighted by Gasteiger charge is 2.30. The van der Waals surface area contributed by atoms with Crippen LogP contribution in [0.15, 0.2) is 58.7 Å². The van der Waals surface area contributed by atoms with Gasteiger partial charge in [0.1, 0.15) is 6.61 Å². The number of ether oxygens (including phenoxy) is 2. The monoisotopic (exact) mass is 412 g/mol. The Kier molecular flexibility index (Phi) is 6.85. The first-order valence-corrected chi connectivity index (χ1v) is 9.56. The first kappa shape index (κ1) is 20.4. The molecule has 3 rings (SSSR count). The number of carbonyl (C=O) groups is 2. The van der Waals surface area contributed by atoms with Crippen molar-refractivity contribution in [2.75, 3.05) is 7.11 Å². The summed E-state index contributed by atoms with van der Waals surface area (Å²) >= 11 is 1.01. The predicted molar refractivity (Wildman–Crippen MR) is 108 cm³/mol. The lowest BCUT2D eigenvalue weighted by atomic mass is 10.2. The molecule has 1 aliphatic rings. The fourth-order valence-corrected chi connectivity index (χ4v) is 3.41. The molecule has 1 saturated heterocycles. The number of hydrogen-bond acceptors (Lipinski definition) is 8. The number of carbonyl (C=O) groups excluding carboxylic acids is 2. The van der Waals surface area contributed by atoms with Crippen molar-refractivity contribution < 1.29 is 24.2 Å². The van der Waals surface area contributed by atoms with Crippen molar-refractivity contribution in [1.82, 2.24) is 5.32 Å². The Hall–Kier alpha value is -3.33. The maximum Gasteiger partial charge on any atom is 0.239 e. The summed E-state index contributed by atoms with van der Waals surface area (Å²) in [7, 11) is 1.55. The fourth-order valence-electron chi connectivity index (χ4n) is 2.50. The van der Waals surface area contributed by atoms with E-state index in [9.17, 15) is 14.7 Å². The molecule has 0 saturated carbocycles. The van der Waals surface area contributed by atoms with Gasteiger partial charge in [0.15, 0.2) is 16.7 Å². The highest BCUT2D eigenvalue weighted by atomic mass is 32.2. The molecule has 1 amide bonds. The van der Waals surface area contributed by atoms with Crippen LogP contribution in [0, 0.1) is 0 Å². The summed E-state index contributed by atoms with van der Waals surface area (Å²) in [5.41, 5.74) is 1.77. The first-order valence-electron chi connectivity index (χ1n) is 8.68. The Morgan fingerprint density at radius 1 is 1.24 bits per heavy atom. The lowest BCUT2D eigenvalue weighted by molar-refractivity contribution is -0.305. The number of nitrogens with zero attached hydrogens (tertiary/aromatic N) is 2. The van der Waals surface area contributed by atoms with Crippen LogP contribution in [0.5, 0.6) is 11.5 Å². The van der Waals surface area contributed by atoms with Crippen molar-refractivity contribution in [3.05, 3.63) is 59.7 Å². The van der Waals surface area contributed by atoms with Crippen molar-refractivity contribution >= 4 is 35.0 Å². The van der Waals surface area contributed by atoms with Gasteiger partial charge >= 0.3 is 0 Å². The van der Waals surface area contributed by atoms with Gasteiger partial charge in [-0.1, -0.05) is 42.1 Å². The van der Waals surface area contributed by atoms with Crippen LogP contribution < -0.4 is 19.9 Å². The molecule has 1 fully saturated rings. The number of thioether (sulfide) groups is 1. The van der Waals surface area contributed by atoms with Crippen LogP contribution in [-0.4, -0.2) is 35.6 Å². The number of benzene rings is 2. The van der Waals surface area contributed by atoms with Gasteiger partial charge in [-0.2, -0.15) is 5.10 Å². The molecule has 29 heavy (non-hydrogen) atoms. The maximum atomic E-state index is 11.7. The zero-order chi connectivity index (χ0) is 20.6. The van der Waals surface area contributed by atoms with Gasteiger partial charge in [0.05, 0.1) is 18.6 Å². The number of rotatable bonds is 8. The fraction of sp³-hybridized carbons (Fsp3) is 0.200. The van der Waals surface area contributed by atoms with E-state index in [1.54, 1.807) is 25.3 Å². The molecule has 0 spiro atoms. The van der Waals surface area contributed by atoms with E-state index in [1.807, 2.05) is 30.3 Å². The Bertz CT molecular complexity index is 946. The average Bonchev–Trinajstić information content (AvgIpc) is 3.06. The normalized spacial score (nSPS) is 17.5. The molecular weight excluding hydrogens is 394 g/mol. The quantitative estimate of drug-likeness (QED) is 0.517. The molecule has 0 bridgehead atoms. The molecule has 0 aromatic heterocycles. The van der Waals surface area contributed by atoms with Crippen molar-refractivity contribution in [2.24, 2.45) is 10.2 Å². The molecule has 1 atom stereocenters. The van der Waals surface area contributed by atoms with Gasteiger partial charge in [-0.25, -0.2) is 0 Å². The van der Waals surface area contributed by atoms with Crippen LogP contribution in [0.4, 0.5) is 0 Å². The highest BCUT2D eigenvalue weighted by molar-refractivity contribution is 8.15. The second-order valence-electron chi connectivity index (χ2n) is 6.01. The van der Waals surface area contributed by atoms with E-state index < -0.39 is 17.1 Å². The summed E-state index contributed by atoms with van der Waals surface area (Å²) in [6, 6.07) is 15.1. The number of carboxylic acids is 1. The summed E-state index contributed by atoms with van der Waals surface area (Å²) in [4.78, 5) is 22.3. The van der Waals surface area contributed by atoms with Gasteiger partial charge < -0.3 is 24.7 Å². The van der Waals surface area contributed by atoms with E-state index in [1.165, 1.54) is 6.21 Å². The summed E-state index contributed by atoms with van der Waals surface area (Å²) < 4.78 is 11.2. The first-order chi connectivity index (χ1) is 14.0. The zero-order valence-corrected chi connectivity index (χ0v) is 16.3. The third-order valence-electron chi connectivity index (χ3n) is 3.91. The number of methoxy groups -OCH3 is 1. The minimum atomic E-state index is -1.29. The molecule has 8 nitrogen and oxygen atoms in total. The molecule has 0 radical (unpaired) electrons. The summed E-state index contributed by atoms with van der Waals surface area (Å²) in [6.07, 6.45) is 1.12. The number of amidine groups is 1. The molecule has 9 heteroatoms. The summed E-state index contributed by atoms with van der Waals surface area (Å²) in [5.74, 6) is -0.558. The molecule has 1 heterocycles. The average molecular weight is 412 g/mol. The van der Waals surface area contributed by atoms with Gasteiger partial charge in [0, 0.05) is 12.4 Å². The summed E-state index contributed by atoms with van der Waals surface area (Å²) in [5, 5.41) is 20.4. The van der Waals surface area contributed by atoms with Crippen LogP contribution in [0.2, 0.25) is 0 Å². The van der Waals surface area contributed by atoms with E-state index >= 15 is 0 Å². The molecule has 2 aromatic carbocycles. The minimum absolute atomic E-state index is 0.243. The van der Waals surface area contributed by atoms with Crippen molar-refractivity contribution in [3.8, 4) is 11.5 Å². The van der Waals surface area contributed by atoms with E-state index in [0.29, 0.717) is 18.1 Å². The minimum Gasteiger partial charge on any atom is -0.550 e. The molecular formula is C20H18N3O5S-. The molecule has 2 aromatic rings. The van der Waals surface area contributed by atoms with Crippen molar-refractivity contribution in [3.63, 3.8) is 0 Å². The number of nitrogens with one attached hydrogen (secondary N) is 1. The molecule has 1 aliphatic heterocycles. The predicted octanol–water partition coefficient (Wildman–Crippen LogP) is 1.34. The number of hydrogen-bond donors (Lipinski definition) is 1. The van der Waals surface area contributed by atoms with Crippen LogP contribution >= 0.6 is 11.8 Å². The van der Waals surface area contributed by atoms with Gasteiger partial charge in [-0.15, -0.1) is 5.10 Å². The second-order valence-corrected chi connectivity index (χ2v) is 7.20. The van der Waals surface area contributed by atoms with Crippen LogP contribution in [0.3, 0.4) is 0 Å². The lowest BCUT2D eigenvalue weighted by Crippen LogP contribution is -2.31. The molecule has 0 aliphatic carbocycles. The topological polar surface area (TPSA) is 112 Å². The summed E-state index contributed by atoms with van der Waals surface area (Å²) in [6.45, 7) is 0.419. The highest BCUT2D eigenvalue weighted by Crippen LogP contribution is 2.28. The van der Waals surface area contributed by atoms with E-state index in [-0.39, 0.29) is 11.6 Å². The maximum absolute atomic E-state index is 11.7. The van der Waals surface area contributed by atoms with E-state index in [4.69, 9.17) is 9.47 Å². The van der Waals surface area contributed by atoms with E-state index in [0.717, 1.165) is 22.9 Å². The van der Waals surface area contributed by atoms with Gasteiger partial charge in [0.25, 0.3) is 0 Å². The Morgan fingerprint density at radius 3 is 2.76 bits per heavy atom. The second kappa shape index (κ2) is 9.74. The van der Waals surface area contributed by atoms with Gasteiger partial charge in [-0.3, -0.25) is 4.79 Å². The number of carboxylic acid groups (broad SMARTS) is 1. The lowest BCUT2D eigenvalue weighted by Gasteiger charge is -2.11. The molecule has 150 valence electrons. The largest absolute Gasteiger partial charge is 0.550 e. The Morgan fingerprint density at radius 2 is 2.03 bits per heavy atom. The van der Waals surface area contributed by atoms with Crippen LogP contribution in [0.25, 0.3) is 0 Å². The van der Waals surface area contributed by atoms with Crippen molar-refractivity contribution in [2.45, 2.75) is 18.3 Å². The number of amides is 1. The Balaban J connectivity index is 1.62. The van der Waals surface area contributed by atoms with Crippen LogP contribution in [-0.2, 0) is 16.2 Å². The molecule has 0 unspecified atom stereocenters. The zero-order valence-electron chi connectivity index (χ0n) is 15.5. The Labute approximate surface area is 171 Å². The van der Waals surface area contributed by atoms with E-state index in [2.05, 4.69) is 15.5 Å². The van der Waals surface area contributed by atoms with Gasteiger partial charge in [0.2, 0.25) is 5.91 Å². The van der Waals surface area contributed by atoms with Crippen LogP contribution in [0.1, 0.15) is 17.5 Å².